The molecular weight excluding hydrogens is 170 g/mol. The second-order valence-electron chi connectivity index (χ2n) is 2.51. The van der Waals surface area contributed by atoms with Gasteiger partial charge in [-0.2, -0.15) is 12.6 Å². The van der Waals surface area contributed by atoms with Gasteiger partial charge in [0.2, 0.25) is 5.88 Å². The Hall–Kier alpha value is -0.700. The van der Waals surface area contributed by atoms with Gasteiger partial charge in [0.1, 0.15) is 0 Å². The second kappa shape index (κ2) is 4.36. The minimum atomic E-state index is 0.167. The maximum absolute atomic E-state index is 5.34. The summed E-state index contributed by atoms with van der Waals surface area (Å²) in [6.07, 6.45) is 1.73. The molecule has 2 nitrogen and oxygen atoms in total. The van der Waals surface area contributed by atoms with Crippen LogP contribution in [0.1, 0.15) is 24.7 Å². The second-order valence-corrected chi connectivity index (χ2v) is 3.28. The van der Waals surface area contributed by atoms with Gasteiger partial charge in [-0.1, -0.05) is 6.07 Å². The molecule has 0 radical (unpaired) electrons. The third-order valence-corrected chi connectivity index (χ3v) is 1.81. The Bertz CT molecular complexity index is 250. The van der Waals surface area contributed by atoms with Gasteiger partial charge in [0.15, 0.2) is 0 Å². The van der Waals surface area contributed by atoms with E-state index in [1.165, 1.54) is 0 Å². The highest BCUT2D eigenvalue weighted by Crippen LogP contribution is 2.26. The molecule has 1 unspecified atom stereocenters. The van der Waals surface area contributed by atoms with E-state index in [0.717, 1.165) is 5.56 Å². The van der Waals surface area contributed by atoms with Gasteiger partial charge in [0, 0.05) is 17.0 Å². The van der Waals surface area contributed by atoms with Crippen molar-refractivity contribution in [3.05, 3.63) is 23.9 Å². The predicted octanol–water partition coefficient (Wildman–Crippen LogP) is 2.47. The Morgan fingerprint density at radius 2 is 2.42 bits per heavy atom. The van der Waals surface area contributed by atoms with Gasteiger partial charge in [0.25, 0.3) is 0 Å². The number of hydrogen-bond donors (Lipinski definition) is 1. The minimum Gasteiger partial charge on any atom is -0.478 e. The van der Waals surface area contributed by atoms with E-state index < -0.39 is 0 Å². The largest absolute Gasteiger partial charge is 0.478 e. The summed E-state index contributed by atoms with van der Waals surface area (Å²) in [7, 11) is 0. The fourth-order valence-electron chi connectivity index (χ4n) is 0.979. The number of thiol groups is 1. The Balaban J connectivity index is 2.92. The minimum absolute atomic E-state index is 0.167. The van der Waals surface area contributed by atoms with Gasteiger partial charge in [0.05, 0.1) is 6.61 Å². The summed E-state index contributed by atoms with van der Waals surface area (Å²) < 4.78 is 5.34. The third-order valence-electron chi connectivity index (χ3n) is 1.53. The third kappa shape index (κ3) is 2.14. The molecule has 1 aromatic heterocycles. The lowest BCUT2D eigenvalue weighted by molar-refractivity contribution is 0.323. The van der Waals surface area contributed by atoms with Crippen molar-refractivity contribution < 1.29 is 4.74 Å². The molecule has 1 atom stereocenters. The van der Waals surface area contributed by atoms with E-state index >= 15 is 0 Å². The zero-order valence-electron chi connectivity index (χ0n) is 7.32. The van der Waals surface area contributed by atoms with E-state index in [4.69, 9.17) is 4.74 Å². The lowest BCUT2D eigenvalue weighted by atomic mass is 10.2. The molecule has 0 aliphatic heterocycles. The van der Waals surface area contributed by atoms with Crippen LogP contribution in [0.5, 0.6) is 5.88 Å². The highest BCUT2D eigenvalue weighted by molar-refractivity contribution is 7.80. The molecule has 0 aliphatic carbocycles. The highest BCUT2D eigenvalue weighted by atomic mass is 32.1. The number of nitrogens with zero attached hydrogens (tertiary/aromatic N) is 1. The quantitative estimate of drug-likeness (QED) is 0.727. The van der Waals surface area contributed by atoms with Gasteiger partial charge in [-0.25, -0.2) is 4.98 Å². The number of pyridine rings is 1. The van der Waals surface area contributed by atoms with Gasteiger partial charge < -0.3 is 4.74 Å². The monoisotopic (exact) mass is 183 g/mol. The maximum atomic E-state index is 5.34. The van der Waals surface area contributed by atoms with E-state index in [1.807, 2.05) is 26.0 Å². The van der Waals surface area contributed by atoms with Crippen LogP contribution in [0.15, 0.2) is 18.3 Å². The van der Waals surface area contributed by atoms with Gasteiger partial charge in [-0.15, -0.1) is 0 Å². The molecule has 0 bridgehead atoms. The molecule has 0 amide bonds. The Morgan fingerprint density at radius 1 is 1.67 bits per heavy atom. The summed E-state index contributed by atoms with van der Waals surface area (Å²) in [5.74, 6) is 0.697. The fourth-order valence-corrected chi connectivity index (χ4v) is 1.18. The zero-order chi connectivity index (χ0) is 8.97. The summed E-state index contributed by atoms with van der Waals surface area (Å²) in [5.41, 5.74) is 1.04. The SMILES string of the molecule is CCOc1ncccc1C(C)S. The van der Waals surface area contributed by atoms with Crippen LogP contribution in [0, 0.1) is 0 Å². The van der Waals surface area contributed by atoms with Crippen molar-refractivity contribution in [3.8, 4) is 5.88 Å². The molecule has 0 aromatic carbocycles. The molecule has 66 valence electrons. The molecule has 1 aromatic rings. The molecule has 0 saturated carbocycles. The van der Waals surface area contributed by atoms with Crippen molar-refractivity contribution >= 4 is 12.6 Å². The first-order valence-electron chi connectivity index (χ1n) is 4.01. The average molecular weight is 183 g/mol. The lowest BCUT2D eigenvalue weighted by Crippen LogP contribution is -1.99. The van der Waals surface area contributed by atoms with Crippen molar-refractivity contribution in [1.82, 2.24) is 4.98 Å². The summed E-state index contributed by atoms with van der Waals surface area (Å²) in [6, 6.07) is 3.88. The molecule has 3 heteroatoms. The molecular formula is C9H13NOS. The zero-order valence-corrected chi connectivity index (χ0v) is 8.21. The van der Waals surface area contributed by atoms with E-state index in [9.17, 15) is 0 Å². The number of aromatic nitrogens is 1. The lowest BCUT2D eigenvalue weighted by Gasteiger charge is -2.09. The molecule has 0 aliphatic rings. The van der Waals surface area contributed by atoms with Crippen LogP contribution in [-0.2, 0) is 0 Å². The Kier molecular flexibility index (Phi) is 3.41. The first-order valence-corrected chi connectivity index (χ1v) is 4.53. The number of ether oxygens (including phenoxy) is 1. The number of hydrogen-bond acceptors (Lipinski definition) is 3. The molecule has 0 spiro atoms. The Labute approximate surface area is 78.4 Å². The Morgan fingerprint density at radius 3 is 3.00 bits per heavy atom. The summed E-state index contributed by atoms with van der Waals surface area (Å²) in [6.45, 7) is 4.59. The summed E-state index contributed by atoms with van der Waals surface area (Å²) in [5, 5.41) is 0.167. The summed E-state index contributed by atoms with van der Waals surface area (Å²) in [4.78, 5) is 4.12. The molecule has 0 N–H and O–H groups in total. The standard InChI is InChI=1S/C9H13NOS/c1-3-11-9-8(7(2)12)5-4-6-10-9/h4-7,12H,3H2,1-2H3. The van der Waals surface area contributed by atoms with Gasteiger partial charge in [-0.3, -0.25) is 0 Å². The maximum Gasteiger partial charge on any atom is 0.217 e. The first-order chi connectivity index (χ1) is 5.75. The van der Waals surface area contributed by atoms with Crippen molar-refractivity contribution in [2.75, 3.05) is 6.61 Å². The predicted molar refractivity (Wildman–Crippen MR) is 52.8 cm³/mol. The van der Waals surface area contributed by atoms with Crippen LogP contribution in [-0.4, -0.2) is 11.6 Å². The van der Waals surface area contributed by atoms with Crippen molar-refractivity contribution in [2.45, 2.75) is 19.1 Å². The average Bonchev–Trinajstić information content (AvgIpc) is 2.05. The van der Waals surface area contributed by atoms with Crippen LogP contribution >= 0.6 is 12.6 Å². The fraction of sp³-hybridized carbons (Fsp3) is 0.444. The van der Waals surface area contributed by atoms with Gasteiger partial charge in [-0.05, 0) is 19.9 Å². The molecule has 0 fully saturated rings. The van der Waals surface area contributed by atoms with E-state index in [-0.39, 0.29) is 5.25 Å². The normalized spacial score (nSPS) is 12.6. The number of rotatable bonds is 3. The molecule has 12 heavy (non-hydrogen) atoms. The highest BCUT2D eigenvalue weighted by Gasteiger charge is 2.07. The van der Waals surface area contributed by atoms with Crippen LogP contribution in [0.3, 0.4) is 0 Å². The smallest absolute Gasteiger partial charge is 0.217 e. The van der Waals surface area contributed by atoms with Gasteiger partial charge >= 0.3 is 0 Å². The van der Waals surface area contributed by atoms with Crippen molar-refractivity contribution in [1.29, 1.82) is 0 Å². The van der Waals surface area contributed by atoms with Crippen molar-refractivity contribution in [3.63, 3.8) is 0 Å². The van der Waals surface area contributed by atoms with Crippen LogP contribution in [0.25, 0.3) is 0 Å². The topological polar surface area (TPSA) is 22.1 Å². The molecule has 0 saturated heterocycles. The molecule has 1 heterocycles. The van der Waals surface area contributed by atoms with E-state index in [1.54, 1.807) is 6.20 Å². The van der Waals surface area contributed by atoms with E-state index in [2.05, 4.69) is 17.6 Å². The van der Waals surface area contributed by atoms with Crippen LogP contribution in [0.2, 0.25) is 0 Å². The molecule has 1 rings (SSSR count). The van der Waals surface area contributed by atoms with Crippen molar-refractivity contribution in [2.24, 2.45) is 0 Å². The van der Waals surface area contributed by atoms with Crippen LogP contribution < -0.4 is 4.74 Å². The van der Waals surface area contributed by atoms with E-state index in [0.29, 0.717) is 12.5 Å². The first kappa shape index (κ1) is 9.39. The summed E-state index contributed by atoms with van der Waals surface area (Å²) >= 11 is 4.33. The van der Waals surface area contributed by atoms with Crippen LogP contribution in [0.4, 0.5) is 0 Å².